The predicted octanol–water partition coefficient (Wildman–Crippen LogP) is 0.640. The van der Waals surface area contributed by atoms with Gasteiger partial charge in [0.15, 0.2) is 0 Å². The van der Waals surface area contributed by atoms with Crippen molar-refractivity contribution in [2.24, 2.45) is 5.14 Å². The molecule has 7 nitrogen and oxygen atoms in total. The summed E-state index contributed by atoms with van der Waals surface area (Å²) in [5.74, 6) is 0. The Bertz CT molecular complexity index is 934. The molecule has 0 radical (unpaired) electrons. The largest absolute Gasteiger partial charge is 0.399 e. The minimum atomic E-state index is -4.13. The Kier molecular flexibility index (Phi) is 3.90. The van der Waals surface area contributed by atoms with Gasteiger partial charge in [0.2, 0.25) is 19.9 Å². The number of nitrogen functional groups attached to an aromatic ring is 2. The van der Waals surface area contributed by atoms with Crippen LogP contribution in [0.5, 0.6) is 0 Å². The van der Waals surface area contributed by atoms with Crippen molar-refractivity contribution in [1.29, 1.82) is 0 Å². The van der Waals surface area contributed by atoms with E-state index >= 15 is 0 Å². The Labute approximate surface area is 128 Å². The van der Waals surface area contributed by atoms with E-state index in [1.165, 1.54) is 37.3 Å². The second-order valence-corrected chi connectivity index (χ2v) is 8.22. The van der Waals surface area contributed by atoms with Crippen LogP contribution in [-0.4, -0.2) is 16.8 Å². The van der Waals surface area contributed by atoms with E-state index in [-0.39, 0.29) is 15.5 Å². The van der Waals surface area contributed by atoms with Crippen LogP contribution < -0.4 is 16.6 Å². The van der Waals surface area contributed by atoms with E-state index in [0.29, 0.717) is 11.3 Å². The minimum absolute atomic E-state index is 0.00468. The van der Waals surface area contributed by atoms with Crippen molar-refractivity contribution in [3.05, 3.63) is 42.0 Å². The molecule has 0 saturated carbocycles. The van der Waals surface area contributed by atoms with Gasteiger partial charge in [-0.2, -0.15) is 0 Å². The van der Waals surface area contributed by atoms with Gasteiger partial charge in [-0.15, -0.1) is 0 Å². The fourth-order valence-electron chi connectivity index (χ4n) is 2.00. The molecule has 0 aliphatic heterocycles. The Hall–Kier alpha value is -2.10. The Morgan fingerprint density at radius 3 is 1.91 bits per heavy atom. The van der Waals surface area contributed by atoms with E-state index in [2.05, 4.69) is 0 Å². The summed E-state index contributed by atoms with van der Waals surface area (Å²) >= 11 is 0. The molecule has 0 saturated heterocycles. The van der Waals surface area contributed by atoms with Crippen LogP contribution >= 0.6 is 0 Å². The van der Waals surface area contributed by atoms with E-state index < -0.39 is 24.8 Å². The number of sulfone groups is 1. The van der Waals surface area contributed by atoms with Gasteiger partial charge in [0.1, 0.15) is 4.90 Å². The lowest BCUT2D eigenvalue weighted by molar-refractivity contribution is 0.594. The third-order valence-electron chi connectivity index (χ3n) is 3.09. The normalized spacial score (nSPS) is 12.3. The maximum atomic E-state index is 12.6. The van der Waals surface area contributed by atoms with Gasteiger partial charge in [0, 0.05) is 5.69 Å². The molecule has 0 spiro atoms. The third-order valence-corrected chi connectivity index (χ3v) is 5.97. The lowest BCUT2D eigenvalue weighted by Gasteiger charge is -2.12. The first kappa shape index (κ1) is 16.3. The van der Waals surface area contributed by atoms with Gasteiger partial charge >= 0.3 is 0 Å². The number of sulfonamides is 1. The van der Waals surface area contributed by atoms with Crippen molar-refractivity contribution < 1.29 is 16.8 Å². The van der Waals surface area contributed by atoms with Crippen molar-refractivity contribution in [1.82, 2.24) is 0 Å². The van der Waals surface area contributed by atoms with E-state index in [1.54, 1.807) is 0 Å². The average molecular weight is 341 g/mol. The van der Waals surface area contributed by atoms with Crippen LogP contribution in [0.1, 0.15) is 5.56 Å². The summed E-state index contributed by atoms with van der Waals surface area (Å²) in [6.45, 7) is 1.52. The summed E-state index contributed by atoms with van der Waals surface area (Å²) in [7, 11) is -8.05. The molecule has 0 aromatic heterocycles. The molecule has 0 aliphatic rings. The Balaban J connectivity index is 2.74. The molecule has 2 aromatic rings. The number of aryl methyl sites for hydroxylation is 1. The van der Waals surface area contributed by atoms with Crippen LogP contribution in [0.2, 0.25) is 0 Å². The third kappa shape index (κ3) is 2.91. The molecule has 0 fully saturated rings. The van der Waals surface area contributed by atoms with Gasteiger partial charge in [-0.25, -0.2) is 22.0 Å². The van der Waals surface area contributed by atoms with Crippen molar-refractivity contribution in [2.45, 2.75) is 21.6 Å². The highest BCUT2D eigenvalue weighted by molar-refractivity contribution is 7.91. The quantitative estimate of drug-likeness (QED) is 0.698. The van der Waals surface area contributed by atoms with Crippen molar-refractivity contribution in [2.75, 3.05) is 11.5 Å². The van der Waals surface area contributed by atoms with Crippen LogP contribution in [-0.2, 0) is 19.9 Å². The fraction of sp³-hybridized carbons (Fsp3) is 0.0769. The van der Waals surface area contributed by atoms with Gasteiger partial charge in [-0.1, -0.05) is 0 Å². The van der Waals surface area contributed by atoms with Crippen molar-refractivity contribution in [3.8, 4) is 0 Å². The molecule has 22 heavy (non-hydrogen) atoms. The maximum Gasteiger partial charge on any atom is 0.240 e. The first-order valence-corrected chi connectivity index (χ1v) is 9.10. The number of nitrogens with two attached hydrogens (primary N) is 3. The fourth-order valence-corrected chi connectivity index (χ4v) is 4.25. The maximum absolute atomic E-state index is 12.6. The van der Waals surface area contributed by atoms with Gasteiger partial charge in [-0.05, 0) is 48.9 Å². The smallest absolute Gasteiger partial charge is 0.240 e. The molecule has 0 amide bonds. The molecular weight excluding hydrogens is 326 g/mol. The summed E-state index contributed by atoms with van der Waals surface area (Å²) in [4.78, 5) is -0.599. The number of rotatable bonds is 3. The lowest BCUT2D eigenvalue weighted by Crippen LogP contribution is -2.16. The summed E-state index contributed by atoms with van der Waals surface area (Å²) in [6.07, 6.45) is 0. The first-order valence-electron chi connectivity index (χ1n) is 6.07. The molecule has 2 aromatic carbocycles. The molecule has 0 atom stereocenters. The van der Waals surface area contributed by atoms with Gasteiger partial charge in [0.05, 0.1) is 15.5 Å². The van der Waals surface area contributed by atoms with Crippen LogP contribution in [0.4, 0.5) is 11.4 Å². The van der Waals surface area contributed by atoms with Crippen LogP contribution in [0.3, 0.4) is 0 Å². The molecule has 0 aliphatic carbocycles. The number of hydrogen-bond donors (Lipinski definition) is 3. The van der Waals surface area contributed by atoms with Crippen molar-refractivity contribution in [3.63, 3.8) is 0 Å². The summed E-state index contributed by atoms with van der Waals surface area (Å²) in [6, 6.07) is 7.82. The first-order chi connectivity index (χ1) is 10.0. The lowest BCUT2D eigenvalue weighted by atomic mass is 10.2. The summed E-state index contributed by atoms with van der Waals surface area (Å²) in [5.41, 5.74) is 11.8. The molecule has 9 heteroatoms. The zero-order valence-electron chi connectivity index (χ0n) is 11.6. The topological polar surface area (TPSA) is 146 Å². The summed E-state index contributed by atoms with van der Waals surface area (Å²) < 4.78 is 48.3. The average Bonchev–Trinajstić information content (AvgIpc) is 2.37. The highest BCUT2D eigenvalue weighted by Gasteiger charge is 2.24. The number of anilines is 2. The second kappa shape index (κ2) is 5.27. The van der Waals surface area contributed by atoms with Gasteiger partial charge in [-0.3, -0.25) is 0 Å². The zero-order chi connectivity index (χ0) is 16.7. The van der Waals surface area contributed by atoms with Crippen LogP contribution in [0.15, 0.2) is 51.1 Å². The monoisotopic (exact) mass is 341 g/mol. The SMILES string of the molecule is Cc1cc(N)c(S(N)(=O)=O)cc1S(=O)(=O)c1ccc(N)cc1. The zero-order valence-corrected chi connectivity index (χ0v) is 13.3. The highest BCUT2D eigenvalue weighted by Crippen LogP contribution is 2.29. The molecule has 0 bridgehead atoms. The highest BCUT2D eigenvalue weighted by atomic mass is 32.2. The van der Waals surface area contributed by atoms with Crippen LogP contribution in [0.25, 0.3) is 0 Å². The Morgan fingerprint density at radius 1 is 0.864 bits per heavy atom. The molecule has 118 valence electrons. The Morgan fingerprint density at radius 2 is 1.41 bits per heavy atom. The number of hydrogen-bond acceptors (Lipinski definition) is 6. The van der Waals surface area contributed by atoms with E-state index in [1.807, 2.05) is 0 Å². The number of primary sulfonamides is 1. The second-order valence-electron chi connectivity index (χ2n) is 4.77. The molecule has 6 N–H and O–H groups in total. The predicted molar refractivity (Wildman–Crippen MR) is 83.3 cm³/mol. The number of benzene rings is 2. The molecule has 0 heterocycles. The van der Waals surface area contributed by atoms with Gasteiger partial charge in [0.25, 0.3) is 0 Å². The minimum Gasteiger partial charge on any atom is -0.399 e. The van der Waals surface area contributed by atoms with Crippen LogP contribution in [0, 0.1) is 6.92 Å². The molecule has 2 rings (SSSR count). The van der Waals surface area contributed by atoms with E-state index in [0.717, 1.165) is 6.07 Å². The van der Waals surface area contributed by atoms with E-state index in [9.17, 15) is 16.8 Å². The standard InChI is InChI=1S/C13H15N3O4S2/c1-8-6-11(15)13(22(16,19)20)7-12(8)21(17,18)10-4-2-9(14)3-5-10/h2-7H,14-15H2,1H3,(H2,16,19,20). The molecular formula is C13H15N3O4S2. The van der Waals surface area contributed by atoms with Crippen molar-refractivity contribution >= 4 is 31.2 Å². The van der Waals surface area contributed by atoms with E-state index in [4.69, 9.17) is 16.6 Å². The summed E-state index contributed by atoms with van der Waals surface area (Å²) in [5, 5.41) is 5.06. The molecule has 0 unspecified atom stereocenters. The van der Waals surface area contributed by atoms with Gasteiger partial charge < -0.3 is 11.5 Å².